The second-order valence-electron chi connectivity index (χ2n) is 5.18. The van der Waals surface area contributed by atoms with Crippen molar-refractivity contribution < 1.29 is 14.2 Å². The standard InChI is InChI=1S/C16H26O3/c1-6-8-9-10-11-12-13-16(7-2)14(3)18-15(4,17-5)19-16/h2H,3,6,8-13H2,1,4-5H3. The molecule has 0 radical (unpaired) electrons. The molecule has 0 N–H and O–H groups in total. The number of hydrogen-bond donors (Lipinski definition) is 0. The summed E-state index contributed by atoms with van der Waals surface area (Å²) >= 11 is 0. The Morgan fingerprint density at radius 2 is 1.89 bits per heavy atom. The smallest absolute Gasteiger partial charge is 0.325 e. The fourth-order valence-electron chi connectivity index (χ4n) is 2.31. The molecule has 2 atom stereocenters. The van der Waals surface area contributed by atoms with Crippen LogP contribution in [0.2, 0.25) is 0 Å². The van der Waals surface area contributed by atoms with E-state index in [2.05, 4.69) is 19.4 Å². The van der Waals surface area contributed by atoms with Crippen LogP contribution in [0.3, 0.4) is 0 Å². The fraction of sp³-hybridized carbons (Fsp3) is 0.750. The molecule has 0 aromatic heterocycles. The summed E-state index contributed by atoms with van der Waals surface area (Å²) < 4.78 is 16.5. The molecule has 1 aliphatic rings. The lowest BCUT2D eigenvalue weighted by molar-refractivity contribution is -0.316. The number of terminal acetylenes is 1. The number of hydrogen-bond acceptors (Lipinski definition) is 3. The van der Waals surface area contributed by atoms with Gasteiger partial charge in [0.1, 0.15) is 5.76 Å². The Morgan fingerprint density at radius 3 is 2.42 bits per heavy atom. The number of rotatable bonds is 8. The predicted molar refractivity (Wildman–Crippen MR) is 76.3 cm³/mol. The summed E-state index contributed by atoms with van der Waals surface area (Å²) in [6, 6.07) is 0. The first-order chi connectivity index (χ1) is 9.02. The van der Waals surface area contributed by atoms with Crippen LogP contribution in [0.4, 0.5) is 0 Å². The zero-order valence-electron chi connectivity index (χ0n) is 12.5. The second-order valence-corrected chi connectivity index (χ2v) is 5.18. The van der Waals surface area contributed by atoms with Gasteiger partial charge in [0.2, 0.25) is 0 Å². The maximum absolute atomic E-state index is 5.79. The highest BCUT2D eigenvalue weighted by atomic mass is 16.9. The molecule has 0 amide bonds. The van der Waals surface area contributed by atoms with Crippen LogP contribution >= 0.6 is 0 Å². The van der Waals surface area contributed by atoms with Gasteiger partial charge in [0.25, 0.3) is 0 Å². The van der Waals surface area contributed by atoms with Gasteiger partial charge in [0.05, 0.1) is 0 Å². The van der Waals surface area contributed by atoms with E-state index < -0.39 is 11.6 Å². The summed E-state index contributed by atoms with van der Waals surface area (Å²) in [4.78, 5) is 0. The number of methoxy groups -OCH3 is 1. The van der Waals surface area contributed by atoms with Crippen LogP contribution < -0.4 is 0 Å². The van der Waals surface area contributed by atoms with Gasteiger partial charge in [-0.1, -0.05) is 51.5 Å². The average Bonchev–Trinajstić information content (AvgIpc) is 2.66. The Balaban J connectivity index is 2.45. The molecule has 1 saturated heterocycles. The fourth-order valence-corrected chi connectivity index (χ4v) is 2.31. The molecule has 3 heteroatoms. The van der Waals surface area contributed by atoms with E-state index in [0.29, 0.717) is 5.76 Å². The van der Waals surface area contributed by atoms with E-state index in [-0.39, 0.29) is 0 Å². The molecule has 2 unspecified atom stereocenters. The van der Waals surface area contributed by atoms with E-state index in [1.807, 2.05) is 0 Å². The van der Waals surface area contributed by atoms with Gasteiger partial charge in [0, 0.05) is 14.0 Å². The summed E-state index contributed by atoms with van der Waals surface area (Å²) in [5.41, 5.74) is -0.838. The summed E-state index contributed by atoms with van der Waals surface area (Å²) in [5.74, 6) is 2.07. The van der Waals surface area contributed by atoms with Crippen molar-refractivity contribution >= 4 is 0 Å². The van der Waals surface area contributed by atoms with E-state index in [4.69, 9.17) is 20.6 Å². The molecule has 108 valence electrons. The third-order valence-electron chi connectivity index (χ3n) is 3.60. The first-order valence-corrected chi connectivity index (χ1v) is 7.13. The van der Waals surface area contributed by atoms with Crippen LogP contribution in [0, 0.1) is 12.3 Å². The molecule has 0 spiro atoms. The summed E-state index contributed by atoms with van der Waals surface area (Å²) in [6.07, 6.45) is 13.6. The third-order valence-corrected chi connectivity index (χ3v) is 3.60. The van der Waals surface area contributed by atoms with Crippen LogP contribution in [0.25, 0.3) is 0 Å². The van der Waals surface area contributed by atoms with Crippen LogP contribution in [0.15, 0.2) is 12.3 Å². The molecule has 0 aromatic carbocycles. The van der Waals surface area contributed by atoms with Crippen molar-refractivity contribution in [2.24, 2.45) is 0 Å². The Labute approximate surface area is 117 Å². The third kappa shape index (κ3) is 3.99. The summed E-state index contributed by atoms with van der Waals surface area (Å²) in [6.45, 7) is 7.80. The minimum absolute atomic E-state index is 0.480. The molecule has 1 rings (SSSR count). The van der Waals surface area contributed by atoms with Crippen molar-refractivity contribution in [3.05, 3.63) is 12.3 Å². The highest BCUT2D eigenvalue weighted by molar-refractivity contribution is 5.26. The molecule has 19 heavy (non-hydrogen) atoms. The van der Waals surface area contributed by atoms with Crippen molar-refractivity contribution in [1.82, 2.24) is 0 Å². The van der Waals surface area contributed by atoms with Gasteiger partial charge in [-0.05, 0) is 12.8 Å². The van der Waals surface area contributed by atoms with Crippen molar-refractivity contribution in [3.8, 4) is 12.3 Å². The molecule has 0 aromatic rings. The zero-order chi connectivity index (χ0) is 14.4. The molecule has 0 bridgehead atoms. The molecule has 1 aliphatic heterocycles. The van der Waals surface area contributed by atoms with E-state index in [0.717, 1.165) is 19.3 Å². The molecule has 1 heterocycles. The number of ether oxygens (including phenoxy) is 3. The van der Waals surface area contributed by atoms with Gasteiger partial charge in [-0.2, -0.15) is 0 Å². The minimum atomic E-state index is -1.11. The van der Waals surface area contributed by atoms with Crippen molar-refractivity contribution in [2.45, 2.75) is 70.4 Å². The monoisotopic (exact) mass is 266 g/mol. The van der Waals surface area contributed by atoms with Crippen molar-refractivity contribution in [2.75, 3.05) is 7.11 Å². The molecular weight excluding hydrogens is 240 g/mol. The molecule has 1 fully saturated rings. The molecule has 0 aliphatic carbocycles. The van der Waals surface area contributed by atoms with Crippen LogP contribution in [-0.4, -0.2) is 18.7 Å². The number of unbranched alkanes of at least 4 members (excludes halogenated alkanes) is 5. The van der Waals surface area contributed by atoms with E-state index in [1.54, 1.807) is 6.92 Å². The largest absolute Gasteiger partial charge is 0.440 e. The minimum Gasteiger partial charge on any atom is -0.440 e. The van der Waals surface area contributed by atoms with Crippen LogP contribution in [0.5, 0.6) is 0 Å². The van der Waals surface area contributed by atoms with Gasteiger partial charge in [0.15, 0.2) is 5.60 Å². The van der Waals surface area contributed by atoms with Gasteiger partial charge in [-0.3, -0.25) is 4.74 Å². The lowest BCUT2D eigenvalue weighted by Crippen LogP contribution is -2.34. The predicted octanol–water partition coefficient (Wildman–Crippen LogP) is 3.99. The van der Waals surface area contributed by atoms with Gasteiger partial charge in [-0.25, -0.2) is 0 Å². The Kier molecular flexibility index (Phi) is 5.90. The quantitative estimate of drug-likeness (QED) is 0.491. The van der Waals surface area contributed by atoms with Crippen LogP contribution in [-0.2, 0) is 14.2 Å². The lowest BCUT2D eigenvalue weighted by atomic mass is 9.95. The molecule has 0 saturated carbocycles. The van der Waals surface area contributed by atoms with Crippen molar-refractivity contribution in [3.63, 3.8) is 0 Å². The first-order valence-electron chi connectivity index (χ1n) is 7.13. The van der Waals surface area contributed by atoms with Crippen LogP contribution in [0.1, 0.15) is 58.8 Å². The summed E-state index contributed by atoms with van der Waals surface area (Å²) in [5, 5.41) is 0. The highest BCUT2D eigenvalue weighted by Gasteiger charge is 2.51. The van der Waals surface area contributed by atoms with Gasteiger partial charge in [-0.15, -0.1) is 6.42 Å². The van der Waals surface area contributed by atoms with E-state index in [1.165, 1.54) is 32.8 Å². The normalized spacial score (nSPS) is 30.1. The van der Waals surface area contributed by atoms with Gasteiger partial charge < -0.3 is 9.47 Å². The second kappa shape index (κ2) is 6.98. The average molecular weight is 266 g/mol. The van der Waals surface area contributed by atoms with E-state index >= 15 is 0 Å². The Hall–Kier alpha value is -0.980. The zero-order valence-corrected chi connectivity index (χ0v) is 12.5. The molecule has 3 nitrogen and oxygen atoms in total. The lowest BCUT2D eigenvalue weighted by Gasteiger charge is -2.23. The topological polar surface area (TPSA) is 27.7 Å². The maximum Gasteiger partial charge on any atom is 0.325 e. The molecular formula is C16H26O3. The van der Waals surface area contributed by atoms with Crippen molar-refractivity contribution in [1.29, 1.82) is 0 Å². The Morgan fingerprint density at radius 1 is 1.26 bits per heavy atom. The van der Waals surface area contributed by atoms with E-state index in [9.17, 15) is 0 Å². The Bertz CT molecular complexity index is 344. The SMILES string of the molecule is C#CC1(CCCCCCCC)OC(C)(OC)OC1=C. The first kappa shape index (κ1) is 16.1. The summed E-state index contributed by atoms with van der Waals surface area (Å²) in [7, 11) is 1.53. The maximum atomic E-state index is 5.79. The van der Waals surface area contributed by atoms with Gasteiger partial charge >= 0.3 is 5.97 Å². The highest BCUT2D eigenvalue weighted by Crippen LogP contribution is 2.41.